The Morgan fingerprint density at radius 3 is 2.55 bits per heavy atom. The van der Waals surface area contributed by atoms with Crippen molar-refractivity contribution in [3.05, 3.63) is 35.8 Å². The van der Waals surface area contributed by atoms with Gasteiger partial charge in [0.25, 0.3) is 0 Å². The lowest BCUT2D eigenvalue weighted by Crippen LogP contribution is -2.19. The van der Waals surface area contributed by atoms with E-state index in [2.05, 4.69) is 43.0 Å². The predicted molar refractivity (Wildman–Crippen MR) is 80.9 cm³/mol. The van der Waals surface area contributed by atoms with Crippen molar-refractivity contribution in [2.45, 2.75) is 39.5 Å². The quantitative estimate of drug-likeness (QED) is 0.930. The molecule has 1 N–H and O–H groups in total. The summed E-state index contributed by atoms with van der Waals surface area (Å²) >= 11 is 0. The van der Waals surface area contributed by atoms with Crippen LogP contribution in [0.2, 0.25) is 0 Å². The van der Waals surface area contributed by atoms with Crippen LogP contribution in [0.1, 0.15) is 45.0 Å². The molecule has 2 aromatic rings. The molecule has 0 radical (unpaired) electrons. The third kappa shape index (κ3) is 3.35. The monoisotopic (exact) mass is 273 g/mol. The van der Waals surface area contributed by atoms with E-state index in [9.17, 15) is 0 Å². The lowest BCUT2D eigenvalue weighted by molar-refractivity contribution is 0.542. The fraction of sp³-hybridized carbons (Fsp3) is 0.533. The third-order valence-electron chi connectivity index (χ3n) is 3.07. The molecule has 108 valence electrons. The van der Waals surface area contributed by atoms with Crippen LogP contribution in [0.3, 0.4) is 0 Å². The molecule has 0 bridgehead atoms. The summed E-state index contributed by atoms with van der Waals surface area (Å²) in [7, 11) is 2.00. The minimum absolute atomic E-state index is 0.0676. The van der Waals surface area contributed by atoms with Gasteiger partial charge in [0.2, 0.25) is 0 Å². The van der Waals surface area contributed by atoms with Crippen molar-refractivity contribution in [2.75, 3.05) is 11.9 Å². The van der Waals surface area contributed by atoms with Gasteiger partial charge in [-0.2, -0.15) is 0 Å². The zero-order valence-electron chi connectivity index (χ0n) is 12.9. The first-order valence-corrected chi connectivity index (χ1v) is 6.98. The summed E-state index contributed by atoms with van der Waals surface area (Å²) in [5, 5.41) is 3.28. The van der Waals surface area contributed by atoms with E-state index in [4.69, 9.17) is 4.98 Å². The second kappa shape index (κ2) is 5.61. The van der Waals surface area contributed by atoms with Crippen molar-refractivity contribution in [1.82, 2.24) is 19.5 Å². The molecular weight excluding hydrogens is 250 g/mol. The highest BCUT2D eigenvalue weighted by Crippen LogP contribution is 2.21. The summed E-state index contributed by atoms with van der Waals surface area (Å²) in [5.41, 5.74) is 0.928. The highest BCUT2D eigenvalue weighted by Gasteiger charge is 2.19. The van der Waals surface area contributed by atoms with Crippen LogP contribution in [0.15, 0.2) is 18.5 Å². The lowest BCUT2D eigenvalue weighted by Gasteiger charge is -2.18. The number of anilines is 1. The van der Waals surface area contributed by atoms with E-state index in [1.165, 1.54) is 0 Å². The van der Waals surface area contributed by atoms with Crippen LogP contribution >= 0.6 is 0 Å². The lowest BCUT2D eigenvalue weighted by atomic mass is 9.95. The van der Waals surface area contributed by atoms with Crippen molar-refractivity contribution < 1.29 is 0 Å². The van der Waals surface area contributed by atoms with E-state index in [-0.39, 0.29) is 5.41 Å². The maximum atomic E-state index is 4.70. The van der Waals surface area contributed by atoms with Gasteiger partial charge in [-0.25, -0.2) is 15.0 Å². The summed E-state index contributed by atoms with van der Waals surface area (Å²) in [6.45, 7) is 9.30. The van der Waals surface area contributed by atoms with Gasteiger partial charge in [0.05, 0.1) is 5.69 Å². The fourth-order valence-corrected chi connectivity index (χ4v) is 1.92. The van der Waals surface area contributed by atoms with Gasteiger partial charge in [0.1, 0.15) is 17.5 Å². The first-order valence-electron chi connectivity index (χ1n) is 6.98. The number of hydrogen-bond donors (Lipinski definition) is 1. The second-order valence-electron chi connectivity index (χ2n) is 5.98. The van der Waals surface area contributed by atoms with E-state index < -0.39 is 0 Å². The molecule has 0 aromatic carbocycles. The Kier molecular flexibility index (Phi) is 4.06. The number of aryl methyl sites for hydroxylation is 1. The molecule has 2 aromatic heterocycles. The van der Waals surface area contributed by atoms with Crippen LogP contribution in [0, 0.1) is 0 Å². The van der Waals surface area contributed by atoms with Gasteiger partial charge in [-0.05, 0) is 6.92 Å². The first-order chi connectivity index (χ1) is 9.40. The molecule has 5 nitrogen and oxygen atoms in total. The maximum absolute atomic E-state index is 4.70. The highest BCUT2D eigenvalue weighted by atomic mass is 15.1. The topological polar surface area (TPSA) is 55.6 Å². The van der Waals surface area contributed by atoms with Gasteiger partial charge in [-0.3, -0.25) is 0 Å². The summed E-state index contributed by atoms with van der Waals surface area (Å²) < 4.78 is 2.02. The molecule has 0 atom stereocenters. The van der Waals surface area contributed by atoms with E-state index in [0.29, 0.717) is 6.42 Å². The molecule has 0 unspecified atom stereocenters. The number of hydrogen-bond acceptors (Lipinski definition) is 4. The summed E-state index contributed by atoms with van der Waals surface area (Å²) in [4.78, 5) is 13.7. The largest absolute Gasteiger partial charge is 0.370 e. The zero-order valence-corrected chi connectivity index (χ0v) is 12.9. The Balaban J connectivity index is 2.36. The van der Waals surface area contributed by atoms with Gasteiger partial charge >= 0.3 is 0 Å². The van der Waals surface area contributed by atoms with E-state index in [0.717, 1.165) is 29.7 Å². The number of nitrogens with one attached hydrogen (secondary N) is 1. The van der Waals surface area contributed by atoms with Crippen molar-refractivity contribution in [2.24, 2.45) is 7.05 Å². The van der Waals surface area contributed by atoms with Gasteiger partial charge in [0.15, 0.2) is 0 Å². The van der Waals surface area contributed by atoms with Crippen LogP contribution < -0.4 is 5.32 Å². The maximum Gasteiger partial charge on any atom is 0.136 e. The highest BCUT2D eigenvalue weighted by molar-refractivity contribution is 5.37. The van der Waals surface area contributed by atoms with Crippen molar-refractivity contribution in [3.8, 4) is 0 Å². The van der Waals surface area contributed by atoms with Crippen molar-refractivity contribution >= 4 is 5.82 Å². The summed E-state index contributed by atoms with van der Waals surface area (Å²) in [6, 6.07) is 2.01. The van der Waals surface area contributed by atoms with Crippen LogP contribution in [0.25, 0.3) is 0 Å². The Bertz CT molecular complexity index is 580. The number of nitrogens with zero attached hydrogens (tertiary/aromatic N) is 4. The average molecular weight is 273 g/mol. The fourth-order valence-electron chi connectivity index (χ4n) is 1.92. The molecule has 0 aliphatic rings. The molecule has 0 amide bonds. The summed E-state index contributed by atoms with van der Waals surface area (Å²) in [5.74, 6) is 2.75. The Hall–Kier alpha value is -1.91. The number of aromatic nitrogens is 4. The van der Waals surface area contributed by atoms with Gasteiger partial charge in [-0.1, -0.05) is 20.8 Å². The van der Waals surface area contributed by atoms with E-state index in [1.807, 2.05) is 30.1 Å². The van der Waals surface area contributed by atoms with Crippen LogP contribution in [-0.2, 0) is 18.9 Å². The van der Waals surface area contributed by atoms with Crippen LogP contribution in [0.4, 0.5) is 5.82 Å². The van der Waals surface area contributed by atoms with Crippen molar-refractivity contribution in [3.63, 3.8) is 0 Å². The molecule has 0 spiro atoms. The zero-order chi connectivity index (χ0) is 14.8. The molecule has 0 saturated heterocycles. The number of imidazole rings is 1. The molecule has 5 heteroatoms. The average Bonchev–Trinajstić information content (AvgIpc) is 2.74. The molecular formula is C15H23N5. The molecule has 20 heavy (non-hydrogen) atoms. The van der Waals surface area contributed by atoms with Crippen LogP contribution in [0.5, 0.6) is 0 Å². The van der Waals surface area contributed by atoms with E-state index >= 15 is 0 Å². The van der Waals surface area contributed by atoms with Crippen molar-refractivity contribution in [1.29, 1.82) is 0 Å². The predicted octanol–water partition coefficient (Wildman–Crippen LogP) is 2.53. The number of rotatable bonds is 4. The molecule has 0 aliphatic heterocycles. The molecule has 2 rings (SSSR count). The standard InChI is InChI=1S/C15H23N5/c1-6-16-12-9-11(10-13-17-7-8-20(13)5)18-14(19-12)15(2,3)4/h7-9H,6,10H2,1-5H3,(H,16,18,19). The van der Waals surface area contributed by atoms with Gasteiger partial charge in [0, 0.05) is 43.9 Å². The first kappa shape index (κ1) is 14.5. The SMILES string of the molecule is CCNc1cc(Cc2nccn2C)nc(C(C)(C)C)n1. The van der Waals surface area contributed by atoms with Gasteiger partial charge in [-0.15, -0.1) is 0 Å². The minimum atomic E-state index is -0.0676. The molecule has 0 aliphatic carbocycles. The normalized spacial score (nSPS) is 11.7. The van der Waals surface area contributed by atoms with Crippen LogP contribution in [-0.4, -0.2) is 26.1 Å². The Morgan fingerprint density at radius 2 is 2.00 bits per heavy atom. The molecule has 2 heterocycles. The molecule has 0 saturated carbocycles. The molecule has 0 fully saturated rings. The third-order valence-corrected chi connectivity index (χ3v) is 3.07. The smallest absolute Gasteiger partial charge is 0.136 e. The minimum Gasteiger partial charge on any atom is -0.370 e. The Morgan fingerprint density at radius 1 is 1.25 bits per heavy atom. The summed E-state index contributed by atoms with van der Waals surface area (Å²) in [6.07, 6.45) is 4.48. The van der Waals surface area contributed by atoms with Gasteiger partial charge < -0.3 is 9.88 Å². The van der Waals surface area contributed by atoms with E-state index in [1.54, 1.807) is 0 Å². The second-order valence-corrected chi connectivity index (χ2v) is 5.98. The Labute approximate surface area is 120 Å².